The third kappa shape index (κ3) is 4.11. The average Bonchev–Trinajstić information content (AvgIpc) is 2.45. The van der Waals surface area contributed by atoms with Gasteiger partial charge in [-0.3, -0.25) is 4.90 Å². The smallest absolute Gasteiger partial charge is 0.337 e. The van der Waals surface area contributed by atoms with Crippen LogP contribution in [0.5, 0.6) is 0 Å². The molecule has 0 saturated carbocycles. The molecule has 0 aromatic heterocycles. The zero-order chi connectivity index (χ0) is 14.4. The molecule has 1 aliphatic heterocycles. The Bertz CT molecular complexity index is 459. The zero-order valence-corrected chi connectivity index (χ0v) is 11.5. The van der Waals surface area contributed by atoms with E-state index in [1.54, 1.807) is 12.1 Å². The van der Waals surface area contributed by atoms with Crippen LogP contribution in [0.2, 0.25) is 0 Å². The number of carboxylic acids is 1. The first kappa shape index (κ1) is 14.6. The first-order valence-electron chi connectivity index (χ1n) is 6.83. The summed E-state index contributed by atoms with van der Waals surface area (Å²) in [6.45, 7) is 5.28. The molecule has 20 heavy (non-hydrogen) atoms. The molecular weight excluding hydrogens is 258 g/mol. The van der Waals surface area contributed by atoms with E-state index in [1.807, 2.05) is 0 Å². The maximum atomic E-state index is 11.1. The van der Waals surface area contributed by atoms with Crippen LogP contribution in [0.15, 0.2) is 18.2 Å². The predicted molar refractivity (Wildman–Crippen MR) is 78.2 cm³/mol. The summed E-state index contributed by atoms with van der Waals surface area (Å²) in [6, 6.07) is 4.90. The van der Waals surface area contributed by atoms with Crippen LogP contribution in [-0.4, -0.2) is 55.4 Å². The van der Waals surface area contributed by atoms with Crippen LogP contribution in [0.25, 0.3) is 0 Å². The van der Waals surface area contributed by atoms with Gasteiger partial charge in [0.1, 0.15) is 0 Å². The second-order valence-corrected chi connectivity index (χ2v) is 4.84. The van der Waals surface area contributed by atoms with Crippen LogP contribution in [0.1, 0.15) is 16.8 Å². The van der Waals surface area contributed by atoms with Crippen molar-refractivity contribution in [2.45, 2.75) is 6.42 Å². The maximum Gasteiger partial charge on any atom is 0.337 e. The summed E-state index contributed by atoms with van der Waals surface area (Å²) in [5, 5.41) is 12.3. The maximum absolute atomic E-state index is 11.1. The number of carbonyl (C=O) groups is 1. The minimum atomic E-state index is -0.965. The van der Waals surface area contributed by atoms with Crippen LogP contribution < -0.4 is 11.1 Å². The Morgan fingerprint density at radius 2 is 2.15 bits per heavy atom. The van der Waals surface area contributed by atoms with E-state index in [0.717, 1.165) is 45.8 Å². The van der Waals surface area contributed by atoms with Gasteiger partial charge in [-0.25, -0.2) is 4.79 Å². The van der Waals surface area contributed by atoms with Gasteiger partial charge in [0.25, 0.3) is 0 Å². The number of nitrogen functional groups attached to an aromatic ring is 1. The number of hydrogen-bond acceptors (Lipinski definition) is 5. The lowest BCUT2D eigenvalue weighted by atomic mass is 10.1. The monoisotopic (exact) mass is 279 g/mol. The van der Waals surface area contributed by atoms with Crippen molar-refractivity contribution in [2.24, 2.45) is 0 Å². The summed E-state index contributed by atoms with van der Waals surface area (Å²) in [5.74, 6) is -0.965. The van der Waals surface area contributed by atoms with Gasteiger partial charge in [-0.15, -0.1) is 0 Å². The lowest BCUT2D eigenvalue weighted by molar-refractivity contribution is 0.0378. The van der Waals surface area contributed by atoms with Gasteiger partial charge in [0.15, 0.2) is 0 Å². The summed E-state index contributed by atoms with van der Waals surface area (Å²) in [5.41, 5.74) is 6.91. The van der Waals surface area contributed by atoms with E-state index < -0.39 is 5.97 Å². The molecule has 1 aromatic carbocycles. The Labute approximate surface area is 118 Å². The van der Waals surface area contributed by atoms with E-state index in [4.69, 9.17) is 15.6 Å². The molecule has 1 aromatic rings. The number of morpholine rings is 1. The molecule has 0 aliphatic carbocycles. The summed E-state index contributed by atoms with van der Waals surface area (Å²) in [6.07, 6.45) is 0.962. The van der Waals surface area contributed by atoms with E-state index >= 15 is 0 Å². The van der Waals surface area contributed by atoms with Gasteiger partial charge < -0.3 is 20.9 Å². The molecule has 1 heterocycles. The number of carboxylic acid groups (broad SMARTS) is 1. The number of anilines is 2. The molecular formula is C14H21N3O3. The van der Waals surface area contributed by atoms with E-state index in [-0.39, 0.29) is 5.56 Å². The number of ether oxygens (including phenoxy) is 1. The van der Waals surface area contributed by atoms with Crippen molar-refractivity contribution in [1.82, 2.24) is 4.90 Å². The zero-order valence-electron chi connectivity index (χ0n) is 11.5. The van der Waals surface area contributed by atoms with Gasteiger partial charge in [-0.2, -0.15) is 0 Å². The number of nitrogens with two attached hydrogens (primary N) is 1. The van der Waals surface area contributed by atoms with Crippen molar-refractivity contribution in [1.29, 1.82) is 0 Å². The highest BCUT2D eigenvalue weighted by molar-refractivity contribution is 5.95. The molecule has 6 nitrogen and oxygen atoms in total. The molecule has 110 valence electrons. The van der Waals surface area contributed by atoms with Crippen molar-refractivity contribution in [3.8, 4) is 0 Å². The molecule has 0 atom stereocenters. The third-order valence-electron chi connectivity index (χ3n) is 3.34. The Kier molecular flexibility index (Phi) is 5.20. The van der Waals surface area contributed by atoms with Gasteiger partial charge in [-0.1, -0.05) is 0 Å². The molecule has 4 N–H and O–H groups in total. The number of benzene rings is 1. The first-order valence-corrected chi connectivity index (χ1v) is 6.83. The number of aromatic carboxylic acids is 1. The van der Waals surface area contributed by atoms with Crippen molar-refractivity contribution in [2.75, 3.05) is 50.4 Å². The second-order valence-electron chi connectivity index (χ2n) is 4.84. The summed E-state index contributed by atoms with van der Waals surface area (Å²) >= 11 is 0. The van der Waals surface area contributed by atoms with Gasteiger partial charge in [0.05, 0.1) is 18.8 Å². The first-order chi connectivity index (χ1) is 9.66. The number of rotatable bonds is 6. The molecule has 0 unspecified atom stereocenters. The highest BCUT2D eigenvalue weighted by Gasteiger charge is 2.11. The fourth-order valence-corrected chi connectivity index (χ4v) is 2.24. The Hall–Kier alpha value is -1.79. The predicted octanol–water partition coefficient (Wildman–Crippen LogP) is 1.10. The van der Waals surface area contributed by atoms with E-state index in [1.165, 1.54) is 6.07 Å². The molecule has 0 spiro atoms. The van der Waals surface area contributed by atoms with Crippen LogP contribution >= 0.6 is 0 Å². The largest absolute Gasteiger partial charge is 0.478 e. The van der Waals surface area contributed by atoms with Crippen molar-refractivity contribution in [3.63, 3.8) is 0 Å². The SMILES string of the molecule is Nc1ccc(NCCCN2CCOCC2)c(C(=O)O)c1. The van der Waals surface area contributed by atoms with Gasteiger partial charge >= 0.3 is 5.97 Å². The Morgan fingerprint density at radius 1 is 1.40 bits per heavy atom. The molecule has 0 bridgehead atoms. The number of nitrogens with zero attached hydrogens (tertiary/aromatic N) is 1. The van der Waals surface area contributed by atoms with E-state index in [0.29, 0.717) is 11.4 Å². The van der Waals surface area contributed by atoms with Crippen molar-refractivity contribution >= 4 is 17.3 Å². The van der Waals surface area contributed by atoms with E-state index in [2.05, 4.69) is 10.2 Å². The normalized spacial score (nSPS) is 16.0. The van der Waals surface area contributed by atoms with Crippen molar-refractivity contribution < 1.29 is 14.6 Å². The fourth-order valence-electron chi connectivity index (χ4n) is 2.24. The Balaban J connectivity index is 1.80. The number of hydrogen-bond donors (Lipinski definition) is 3. The summed E-state index contributed by atoms with van der Waals surface area (Å²) in [7, 11) is 0. The lowest BCUT2D eigenvalue weighted by Gasteiger charge is -2.26. The molecule has 1 aliphatic rings. The summed E-state index contributed by atoms with van der Waals surface area (Å²) < 4.78 is 5.29. The second kappa shape index (κ2) is 7.12. The molecule has 1 saturated heterocycles. The van der Waals surface area contributed by atoms with Gasteiger partial charge in [-0.05, 0) is 31.2 Å². The highest BCUT2D eigenvalue weighted by Crippen LogP contribution is 2.18. The van der Waals surface area contributed by atoms with Crippen LogP contribution in [0.3, 0.4) is 0 Å². The Morgan fingerprint density at radius 3 is 2.85 bits per heavy atom. The minimum Gasteiger partial charge on any atom is -0.478 e. The molecule has 0 radical (unpaired) electrons. The quantitative estimate of drug-likeness (QED) is 0.534. The van der Waals surface area contributed by atoms with Crippen LogP contribution in [0.4, 0.5) is 11.4 Å². The van der Waals surface area contributed by atoms with Gasteiger partial charge in [0, 0.05) is 31.0 Å². The third-order valence-corrected chi connectivity index (χ3v) is 3.34. The van der Waals surface area contributed by atoms with Crippen LogP contribution in [0, 0.1) is 0 Å². The van der Waals surface area contributed by atoms with E-state index in [9.17, 15) is 4.79 Å². The highest BCUT2D eigenvalue weighted by atomic mass is 16.5. The standard InChI is InChI=1S/C14H21N3O3/c15-11-2-3-13(12(10-11)14(18)19)16-4-1-5-17-6-8-20-9-7-17/h2-3,10,16H,1,4-9,15H2,(H,18,19). The molecule has 1 fully saturated rings. The van der Waals surface area contributed by atoms with Crippen molar-refractivity contribution in [3.05, 3.63) is 23.8 Å². The summed E-state index contributed by atoms with van der Waals surface area (Å²) in [4.78, 5) is 13.5. The van der Waals surface area contributed by atoms with Crippen LogP contribution in [-0.2, 0) is 4.74 Å². The molecule has 6 heteroatoms. The van der Waals surface area contributed by atoms with Gasteiger partial charge in [0.2, 0.25) is 0 Å². The molecule has 0 amide bonds. The lowest BCUT2D eigenvalue weighted by Crippen LogP contribution is -2.37. The minimum absolute atomic E-state index is 0.219. The number of nitrogens with one attached hydrogen (secondary N) is 1. The fraction of sp³-hybridized carbons (Fsp3) is 0.500. The topological polar surface area (TPSA) is 87.8 Å². The molecule has 2 rings (SSSR count). The average molecular weight is 279 g/mol.